The summed E-state index contributed by atoms with van der Waals surface area (Å²) in [5, 5.41) is 13.6. The van der Waals surface area contributed by atoms with E-state index in [0.717, 1.165) is 60.7 Å². The summed E-state index contributed by atoms with van der Waals surface area (Å²) in [5.41, 5.74) is 8.45. The van der Waals surface area contributed by atoms with Crippen molar-refractivity contribution in [3.05, 3.63) is 169 Å². The fourth-order valence-electron chi connectivity index (χ4n) is 9.45. The van der Waals surface area contributed by atoms with Gasteiger partial charge in [-0.05, 0) is 79.2 Å². The maximum atomic E-state index is 6.28. The van der Waals surface area contributed by atoms with Crippen LogP contribution >= 0.6 is 11.3 Å². The first kappa shape index (κ1) is 30.3. The molecule has 0 spiro atoms. The minimum Gasteiger partial charge on any atom is -0.488 e. The summed E-state index contributed by atoms with van der Waals surface area (Å²) in [4.78, 5) is 12.2. The van der Waals surface area contributed by atoms with Crippen molar-refractivity contribution in [1.82, 2.24) is 14.5 Å². The highest BCUT2D eigenvalue weighted by Gasteiger charge is 2.26. The van der Waals surface area contributed by atoms with E-state index in [1.54, 1.807) is 11.3 Å². The number of thiophene rings is 1. The number of ether oxygens (including phenoxy) is 1. The largest absolute Gasteiger partial charge is 0.488 e. The topological polar surface area (TPSA) is 39.9 Å². The fraction of sp³-hybridized carbons (Fsp3) is 0.0196. The molecule has 260 valence electrons. The molecule has 5 heteroatoms. The molecule has 0 N–H and O–H groups in total. The van der Waals surface area contributed by atoms with Crippen LogP contribution in [0.3, 0.4) is 0 Å². The van der Waals surface area contributed by atoms with Gasteiger partial charge in [0.25, 0.3) is 0 Å². The second kappa shape index (κ2) is 11.2. The number of fused-ring (bicyclic) bond motifs is 18. The van der Waals surface area contributed by atoms with Crippen LogP contribution in [0, 0.1) is 0 Å². The molecule has 0 fully saturated rings. The third-order valence-corrected chi connectivity index (χ3v) is 12.9. The maximum Gasteiger partial charge on any atom is 0.165 e. The SMILES string of the molecule is c1ccc2c(c1)OCc1cc(-c3nc4sc5ccccc5c4nc3-n3c4ccc5ccccc5c4c4c5c6ccccc6c6ccccc6c5ccc43)ccc1-2. The molecule has 3 aromatic heterocycles. The van der Waals surface area contributed by atoms with Crippen molar-refractivity contribution < 1.29 is 4.74 Å². The summed E-state index contributed by atoms with van der Waals surface area (Å²) in [6.45, 7) is 0.502. The number of rotatable bonds is 2. The predicted octanol–water partition coefficient (Wildman–Crippen LogP) is 13.8. The van der Waals surface area contributed by atoms with E-state index in [0.29, 0.717) is 6.61 Å². The van der Waals surface area contributed by atoms with Gasteiger partial charge in [0.05, 0.1) is 11.0 Å². The van der Waals surface area contributed by atoms with Gasteiger partial charge in [-0.3, -0.25) is 4.57 Å². The molecule has 0 atom stereocenters. The molecule has 0 radical (unpaired) electrons. The zero-order valence-electron chi connectivity index (χ0n) is 30.0. The van der Waals surface area contributed by atoms with Crippen molar-refractivity contribution in [2.24, 2.45) is 0 Å². The first-order valence-corrected chi connectivity index (χ1v) is 19.8. The minimum atomic E-state index is 0.502. The lowest BCUT2D eigenvalue weighted by Gasteiger charge is -2.21. The number of aromatic nitrogens is 3. The Bertz CT molecular complexity index is 3640. The summed E-state index contributed by atoms with van der Waals surface area (Å²) in [6, 6.07) is 59.2. The molecule has 13 rings (SSSR count). The van der Waals surface area contributed by atoms with E-state index in [9.17, 15) is 0 Å². The van der Waals surface area contributed by atoms with Crippen LogP contribution in [0.15, 0.2) is 164 Å². The Hall–Kier alpha value is -7.08. The third kappa shape index (κ3) is 4.07. The maximum absolute atomic E-state index is 6.28. The fourth-order valence-corrected chi connectivity index (χ4v) is 10.5. The Kier molecular flexibility index (Phi) is 6.07. The van der Waals surface area contributed by atoms with Crippen molar-refractivity contribution >= 4 is 96.7 Å². The van der Waals surface area contributed by atoms with Gasteiger partial charge in [-0.1, -0.05) is 133 Å². The number of hydrogen-bond acceptors (Lipinski definition) is 4. The molecule has 0 saturated heterocycles. The van der Waals surface area contributed by atoms with Gasteiger partial charge in [-0.15, -0.1) is 11.3 Å². The molecule has 0 bridgehead atoms. The number of nitrogens with zero attached hydrogens (tertiary/aromatic N) is 3. The van der Waals surface area contributed by atoms with Crippen LogP contribution in [0.2, 0.25) is 0 Å². The average molecular weight is 732 g/mol. The second-order valence-electron chi connectivity index (χ2n) is 14.8. The van der Waals surface area contributed by atoms with Gasteiger partial charge < -0.3 is 4.74 Å². The number of hydrogen-bond donors (Lipinski definition) is 0. The van der Waals surface area contributed by atoms with Crippen molar-refractivity contribution in [2.75, 3.05) is 0 Å². The number of benzene rings is 9. The standard InChI is InChI=1S/C51H29N3OS/c1-2-12-33-29(11-1)22-25-41-46(33)47-42(26-24-39-36-15-4-3-13-34(36)35-14-5-6-17-38(35)45(39)47)54(41)50-48(53-51-49(52-50)40-18-8-10-20-44(40)56-51)30-21-23-32-31(27-30)28-55-43-19-9-7-16-37(32)43/h1-27H,28H2. The van der Waals surface area contributed by atoms with E-state index in [1.165, 1.54) is 64.1 Å². The van der Waals surface area contributed by atoms with E-state index in [4.69, 9.17) is 14.7 Å². The monoisotopic (exact) mass is 731 g/mol. The summed E-state index contributed by atoms with van der Waals surface area (Å²) in [7, 11) is 0. The normalized spacial score (nSPS) is 12.7. The third-order valence-electron chi connectivity index (χ3n) is 11.9. The average Bonchev–Trinajstić information content (AvgIpc) is 3.81. The summed E-state index contributed by atoms with van der Waals surface area (Å²) in [5.74, 6) is 1.74. The van der Waals surface area contributed by atoms with Crippen LogP contribution in [-0.2, 0) is 6.61 Å². The van der Waals surface area contributed by atoms with Gasteiger partial charge >= 0.3 is 0 Å². The summed E-state index contributed by atoms with van der Waals surface area (Å²) >= 11 is 1.70. The minimum absolute atomic E-state index is 0.502. The van der Waals surface area contributed by atoms with Crippen molar-refractivity contribution in [2.45, 2.75) is 6.61 Å². The van der Waals surface area contributed by atoms with Gasteiger partial charge in [0.2, 0.25) is 0 Å². The van der Waals surface area contributed by atoms with Crippen LogP contribution in [0.25, 0.3) is 114 Å². The number of para-hydroxylation sites is 1. The van der Waals surface area contributed by atoms with Gasteiger partial charge in [-0.2, -0.15) is 0 Å². The Labute approximate surface area is 324 Å². The van der Waals surface area contributed by atoms with E-state index in [-0.39, 0.29) is 0 Å². The Morgan fingerprint density at radius 1 is 0.500 bits per heavy atom. The first-order valence-electron chi connectivity index (χ1n) is 19.0. The van der Waals surface area contributed by atoms with E-state index in [2.05, 4.69) is 156 Å². The molecule has 0 aliphatic carbocycles. The van der Waals surface area contributed by atoms with Crippen LogP contribution in [0.4, 0.5) is 0 Å². The van der Waals surface area contributed by atoms with Crippen LogP contribution in [0.5, 0.6) is 5.75 Å². The lowest BCUT2D eigenvalue weighted by Crippen LogP contribution is -2.07. The van der Waals surface area contributed by atoms with E-state index < -0.39 is 0 Å². The van der Waals surface area contributed by atoms with Crippen LogP contribution < -0.4 is 4.74 Å². The first-order chi connectivity index (χ1) is 27.8. The highest BCUT2D eigenvalue weighted by atomic mass is 32.1. The highest BCUT2D eigenvalue weighted by molar-refractivity contribution is 7.25. The molecular formula is C51H29N3OS. The molecule has 0 amide bonds. The molecule has 4 nitrogen and oxygen atoms in total. The molecule has 1 aliphatic heterocycles. The van der Waals surface area contributed by atoms with E-state index >= 15 is 0 Å². The molecule has 12 aromatic rings. The summed E-state index contributed by atoms with van der Waals surface area (Å²) < 4.78 is 9.85. The van der Waals surface area contributed by atoms with Crippen molar-refractivity contribution in [1.29, 1.82) is 0 Å². The zero-order chi connectivity index (χ0) is 36.5. The van der Waals surface area contributed by atoms with Gasteiger partial charge in [-0.25, -0.2) is 9.97 Å². The van der Waals surface area contributed by atoms with Gasteiger partial charge in [0, 0.05) is 37.4 Å². The molecular weight excluding hydrogens is 703 g/mol. The van der Waals surface area contributed by atoms with Crippen molar-refractivity contribution in [3.63, 3.8) is 0 Å². The Balaban J connectivity index is 1.21. The van der Waals surface area contributed by atoms with E-state index in [1.807, 2.05) is 12.1 Å². The Morgan fingerprint density at radius 3 is 2.02 bits per heavy atom. The zero-order valence-corrected chi connectivity index (χ0v) is 30.8. The molecule has 9 aromatic carbocycles. The van der Waals surface area contributed by atoms with Gasteiger partial charge in [0.1, 0.15) is 28.4 Å². The lowest BCUT2D eigenvalue weighted by atomic mass is 9.91. The molecule has 0 unspecified atom stereocenters. The highest BCUT2D eigenvalue weighted by Crippen LogP contribution is 2.47. The molecule has 0 saturated carbocycles. The summed E-state index contributed by atoms with van der Waals surface area (Å²) in [6.07, 6.45) is 0. The van der Waals surface area contributed by atoms with Crippen LogP contribution in [0.1, 0.15) is 5.56 Å². The smallest absolute Gasteiger partial charge is 0.165 e. The predicted molar refractivity (Wildman–Crippen MR) is 234 cm³/mol. The molecule has 56 heavy (non-hydrogen) atoms. The lowest BCUT2D eigenvalue weighted by molar-refractivity contribution is 0.302. The quantitative estimate of drug-likeness (QED) is 0.166. The van der Waals surface area contributed by atoms with Crippen LogP contribution in [-0.4, -0.2) is 14.5 Å². The molecule has 1 aliphatic rings. The second-order valence-corrected chi connectivity index (χ2v) is 15.8. The Morgan fingerprint density at radius 2 is 1.16 bits per heavy atom. The van der Waals surface area contributed by atoms with Crippen molar-refractivity contribution in [3.8, 4) is 34.0 Å². The van der Waals surface area contributed by atoms with Gasteiger partial charge in [0.15, 0.2) is 5.82 Å². The molecule has 4 heterocycles.